The Labute approximate surface area is 108 Å². The van der Waals surface area contributed by atoms with Crippen LogP contribution in [0.15, 0.2) is 12.5 Å². The molecule has 2 atom stereocenters. The third-order valence-electron chi connectivity index (χ3n) is 2.94. The Hall–Kier alpha value is -1.20. The van der Waals surface area contributed by atoms with Crippen molar-refractivity contribution in [3.63, 3.8) is 0 Å². The van der Waals surface area contributed by atoms with E-state index in [1.54, 1.807) is 19.4 Å². The average molecular weight is 256 g/mol. The van der Waals surface area contributed by atoms with Crippen LogP contribution < -0.4 is 0 Å². The number of Topliss-reactive ketones (excluding diaryl/α,β-unsaturated/α-hetero) is 1. The number of hydrogen-bond acceptors (Lipinski definition) is 4. The predicted molar refractivity (Wildman–Crippen MR) is 70.3 cm³/mol. The van der Waals surface area contributed by atoms with Gasteiger partial charge in [0.1, 0.15) is 12.2 Å². The first-order valence-electron chi connectivity index (χ1n) is 6.38. The summed E-state index contributed by atoms with van der Waals surface area (Å²) in [5, 5.41) is 18.9. The van der Waals surface area contributed by atoms with Gasteiger partial charge in [-0.2, -0.15) is 0 Å². The van der Waals surface area contributed by atoms with E-state index >= 15 is 0 Å². The minimum atomic E-state index is -1.45. The van der Waals surface area contributed by atoms with Gasteiger partial charge in [0, 0.05) is 17.8 Å². The number of aliphatic hydroxyl groups excluding tert-OH is 1. The molecule has 1 rings (SSSR count). The molecule has 0 amide bonds. The number of imidazole rings is 1. The lowest BCUT2D eigenvalue weighted by Crippen LogP contribution is -2.41. The molecule has 1 aromatic rings. The Balaban J connectivity index is 0.00000137. The van der Waals surface area contributed by atoms with E-state index in [0.717, 1.165) is 5.69 Å². The number of carbonyl (C=O) groups excluding carboxylic acids is 1. The van der Waals surface area contributed by atoms with Gasteiger partial charge in [0.25, 0.3) is 0 Å². The van der Waals surface area contributed by atoms with Crippen LogP contribution in [0.1, 0.15) is 52.1 Å². The van der Waals surface area contributed by atoms with Gasteiger partial charge in [-0.3, -0.25) is 4.79 Å². The van der Waals surface area contributed by atoms with Gasteiger partial charge in [-0.15, -0.1) is 0 Å². The van der Waals surface area contributed by atoms with Crippen molar-refractivity contribution in [1.29, 1.82) is 0 Å². The summed E-state index contributed by atoms with van der Waals surface area (Å²) in [5.41, 5.74) is -0.572. The Morgan fingerprint density at radius 1 is 1.56 bits per heavy atom. The van der Waals surface area contributed by atoms with Crippen molar-refractivity contribution in [2.45, 2.75) is 52.1 Å². The summed E-state index contributed by atoms with van der Waals surface area (Å²) in [7, 11) is 0. The molecule has 0 radical (unpaired) electrons. The van der Waals surface area contributed by atoms with Gasteiger partial charge in [-0.25, -0.2) is 4.98 Å². The van der Waals surface area contributed by atoms with Crippen LogP contribution in [0.3, 0.4) is 0 Å². The van der Waals surface area contributed by atoms with Gasteiger partial charge < -0.3 is 15.2 Å². The SMILES string of the molecule is CC.CC[C@](O)(CC(C)c1cnc[nH]1)C(=O)CO. The smallest absolute Gasteiger partial charge is 0.189 e. The number of aromatic nitrogens is 2. The second kappa shape index (κ2) is 8.00. The molecule has 1 aromatic heterocycles. The first kappa shape index (κ1) is 16.8. The van der Waals surface area contributed by atoms with Crippen LogP contribution in [0.25, 0.3) is 0 Å². The standard InChI is InChI=1S/C11H18N2O3.C2H6/c1-3-11(16,10(15)6-14)4-8(2)9-5-12-7-13-9;1-2/h5,7-8,14,16H,3-4,6H2,1-2H3,(H,12,13);1-2H3/t8?,11-;/m0./s1. The summed E-state index contributed by atoms with van der Waals surface area (Å²) in [5.74, 6) is -0.538. The van der Waals surface area contributed by atoms with Crippen molar-refractivity contribution in [3.8, 4) is 0 Å². The molecule has 0 saturated carbocycles. The molecule has 0 bridgehead atoms. The zero-order valence-electron chi connectivity index (χ0n) is 11.6. The highest BCUT2D eigenvalue weighted by atomic mass is 16.3. The highest BCUT2D eigenvalue weighted by Gasteiger charge is 2.35. The lowest BCUT2D eigenvalue weighted by atomic mass is 9.84. The van der Waals surface area contributed by atoms with E-state index in [1.807, 2.05) is 20.8 Å². The van der Waals surface area contributed by atoms with Gasteiger partial charge in [0.15, 0.2) is 5.78 Å². The minimum Gasteiger partial charge on any atom is -0.388 e. The molecule has 0 spiro atoms. The third kappa shape index (κ3) is 4.23. The van der Waals surface area contributed by atoms with E-state index in [0.29, 0.717) is 6.42 Å². The first-order chi connectivity index (χ1) is 8.53. The molecule has 18 heavy (non-hydrogen) atoms. The molecule has 0 saturated heterocycles. The van der Waals surface area contributed by atoms with Crippen LogP contribution in [-0.2, 0) is 4.79 Å². The van der Waals surface area contributed by atoms with Crippen molar-refractivity contribution in [2.75, 3.05) is 6.61 Å². The number of nitrogens with zero attached hydrogens (tertiary/aromatic N) is 1. The largest absolute Gasteiger partial charge is 0.388 e. The Morgan fingerprint density at radius 2 is 2.17 bits per heavy atom. The van der Waals surface area contributed by atoms with Crippen LogP contribution in [0.2, 0.25) is 0 Å². The molecular weight excluding hydrogens is 232 g/mol. The van der Waals surface area contributed by atoms with Crippen molar-refractivity contribution in [1.82, 2.24) is 9.97 Å². The maximum atomic E-state index is 11.4. The van der Waals surface area contributed by atoms with Crippen LogP contribution in [-0.4, -0.2) is 38.2 Å². The van der Waals surface area contributed by atoms with E-state index in [1.165, 1.54) is 0 Å². The van der Waals surface area contributed by atoms with Crippen molar-refractivity contribution < 1.29 is 15.0 Å². The Bertz CT molecular complexity index is 338. The number of rotatable bonds is 6. The topological polar surface area (TPSA) is 86.2 Å². The number of hydrogen-bond donors (Lipinski definition) is 3. The fourth-order valence-corrected chi connectivity index (χ4v) is 1.76. The molecule has 5 heteroatoms. The van der Waals surface area contributed by atoms with Crippen molar-refractivity contribution in [3.05, 3.63) is 18.2 Å². The van der Waals surface area contributed by atoms with Crippen LogP contribution in [0.4, 0.5) is 0 Å². The molecule has 0 aromatic carbocycles. The molecule has 3 N–H and O–H groups in total. The summed E-state index contributed by atoms with van der Waals surface area (Å²) < 4.78 is 0. The summed E-state index contributed by atoms with van der Waals surface area (Å²) >= 11 is 0. The number of H-pyrrole nitrogens is 1. The highest BCUT2D eigenvalue weighted by Crippen LogP contribution is 2.27. The number of aromatic amines is 1. The number of ketones is 1. The first-order valence-corrected chi connectivity index (χ1v) is 6.38. The third-order valence-corrected chi connectivity index (χ3v) is 2.94. The zero-order chi connectivity index (χ0) is 14.2. The number of nitrogens with one attached hydrogen (secondary N) is 1. The van der Waals surface area contributed by atoms with E-state index in [-0.39, 0.29) is 12.3 Å². The molecule has 1 unspecified atom stereocenters. The molecule has 1 heterocycles. The van der Waals surface area contributed by atoms with Gasteiger partial charge in [-0.05, 0) is 12.8 Å². The van der Waals surface area contributed by atoms with Crippen molar-refractivity contribution >= 4 is 5.78 Å². The quantitative estimate of drug-likeness (QED) is 0.722. The molecule has 0 aliphatic heterocycles. The second-order valence-electron chi connectivity index (χ2n) is 4.08. The minimum absolute atomic E-state index is 0.0112. The molecule has 104 valence electrons. The normalized spacial score (nSPS) is 15.2. The average Bonchev–Trinajstić information content (AvgIpc) is 2.93. The molecule has 0 fully saturated rings. The van der Waals surface area contributed by atoms with Crippen molar-refractivity contribution in [2.24, 2.45) is 0 Å². The molecule has 0 aliphatic rings. The lowest BCUT2D eigenvalue weighted by Gasteiger charge is -2.27. The Kier molecular flexibility index (Phi) is 7.47. The van der Waals surface area contributed by atoms with Crippen LogP contribution in [0.5, 0.6) is 0 Å². The fourth-order valence-electron chi connectivity index (χ4n) is 1.76. The lowest BCUT2D eigenvalue weighted by molar-refractivity contribution is -0.141. The summed E-state index contributed by atoms with van der Waals surface area (Å²) in [6, 6.07) is 0. The zero-order valence-corrected chi connectivity index (χ0v) is 11.6. The maximum absolute atomic E-state index is 11.4. The summed E-state index contributed by atoms with van der Waals surface area (Å²) in [6.07, 6.45) is 3.81. The Morgan fingerprint density at radius 3 is 2.56 bits per heavy atom. The predicted octanol–water partition coefficient (Wildman–Crippen LogP) is 1.63. The fraction of sp³-hybridized carbons (Fsp3) is 0.692. The van der Waals surface area contributed by atoms with Gasteiger partial charge in [0.05, 0.1) is 6.33 Å². The van der Waals surface area contributed by atoms with E-state index in [9.17, 15) is 9.90 Å². The number of aliphatic hydroxyl groups is 2. The van der Waals surface area contributed by atoms with E-state index in [4.69, 9.17) is 5.11 Å². The van der Waals surface area contributed by atoms with E-state index in [2.05, 4.69) is 9.97 Å². The molecular formula is C13H24N2O3. The summed E-state index contributed by atoms with van der Waals surface area (Å²) in [4.78, 5) is 18.3. The van der Waals surface area contributed by atoms with E-state index < -0.39 is 18.0 Å². The summed E-state index contributed by atoms with van der Waals surface area (Å²) in [6.45, 7) is 7.01. The van der Waals surface area contributed by atoms with Gasteiger partial charge in [-0.1, -0.05) is 27.7 Å². The van der Waals surface area contributed by atoms with Crippen LogP contribution in [0, 0.1) is 0 Å². The maximum Gasteiger partial charge on any atom is 0.189 e. The van der Waals surface area contributed by atoms with Crippen LogP contribution >= 0.6 is 0 Å². The number of carbonyl (C=O) groups is 1. The highest BCUT2D eigenvalue weighted by molar-refractivity contribution is 5.87. The molecule has 0 aliphatic carbocycles. The monoisotopic (exact) mass is 256 g/mol. The van der Waals surface area contributed by atoms with Gasteiger partial charge in [0.2, 0.25) is 0 Å². The van der Waals surface area contributed by atoms with Gasteiger partial charge >= 0.3 is 0 Å². The molecule has 5 nitrogen and oxygen atoms in total. The second-order valence-corrected chi connectivity index (χ2v) is 4.08.